The molecule has 1 aromatic heterocycles. The number of benzene rings is 1. The maximum Gasteiger partial charge on any atom is 0.300 e. The molecule has 0 saturated carbocycles. The van der Waals surface area contributed by atoms with Gasteiger partial charge in [0.15, 0.2) is 0 Å². The molecule has 2 aromatic rings. The van der Waals surface area contributed by atoms with Crippen LogP contribution in [0.15, 0.2) is 17.5 Å². The fraction of sp³-hybridized carbons (Fsp3) is 0. The van der Waals surface area contributed by atoms with Gasteiger partial charge in [-0.3, -0.25) is 10.1 Å². The second-order valence-corrected chi connectivity index (χ2v) is 4.66. The molecule has 2 rings (SSSR count). The summed E-state index contributed by atoms with van der Waals surface area (Å²) in [6.07, 6.45) is 0. The summed E-state index contributed by atoms with van der Waals surface area (Å²) in [5.74, 6) is -0.399. The molecule has 6 heteroatoms. The Morgan fingerprint density at radius 2 is 2.21 bits per heavy atom. The van der Waals surface area contributed by atoms with Crippen molar-refractivity contribution in [3.8, 4) is 0 Å². The maximum atomic E-state index is 13.1. The Hall–Kier alpha value is -0.760. The molecular formula is C8H3FINO2S. The van der Waals surface area contributed by atoms with E-state index >= 15 is 0 Å². The Kier molecular flexibility index (Phi) is 2.40. The van der Waals surface area contributed by atoms with Crippen LogP contribution in [0.5, 0.6) is 0 Å². The zero-order chi connectivity index (χ0) is 10.3. The lowest BCUT2D eigenvalue weighted by Gasteiger charge is -1.96. The lowest BCUT2D eigenvalue weighted by atomic mass is 10.2. The number of hydrogen-bond donors (Lipinski definition) is 0. The number of halogens is 2. The van der Waals surface area contributed by atoms with Crippen LogP contribution in [0.25, 0.3) is 10.1 Å². The molecule has 0 fully saturated rings. The van der Waals surface area contributed by atoms with Gasteiger partial charge in [0.1, 0.15) is 10.5 Å². The highest BCUT2D eigenvalue weighted by Gasteiger charge is 2.19. The van der Waals surface area contributed by atoms with Crippen LogP contribution < -0.4 is 0 Å². The third kappa shape index (κ3) is 1.38. The third-order valence-electron chi connectivity index (χ3n) is 1.80. The average Bonchev–Trinajstić information content (AvgIpc) is 2.47. The summed E-state index contributed by atoms with van der Waals surface area (Å²) in [5, 5.41) is 12.3. The van der Waals surface area contributed by atoms with Crippen LogP contribution in [0.1, 0.15) is 0 Å². The Bertz CT molecular complexity index is 525. The summed E-state index contributed by atoms with van der Waals surface area (Å²) < 4.78 is 14.0. The van der Waals surface area contributed by atoms with Gasteiger partial charge in [0.2, 0.25) is 0 Å². The van der Waals surface area contributed by atoms with Crippen molar-refractivity contribution >= 4 is 49.7 Å². The van der Waals surface area contributed by atoms with Crippen molar-refractivity contribution in [2.24, 2.45) is 0 Å². The maximum absolute atomic E-state index is 13.1. The smallest absolute Gasteiger partial charge is 0.258 e. The molecule has 0 atom stereocenters. The predicted octanol–water partition coefficient (Wildman–Crippen LogP) is 3.55. The minimum absolute atomic E-state index is 0.00278. The van der Waals surface area contributed by atoms with Gasteiger partial charge in [-0.2, -0.15) is 0 Å². The summed E-state index contributed by atoms with van der Waals surface area (Å²) in [6, 6.07) is 3.12. The zero-order valence-corrected chi connectivity index (χ0v) is 9.63. The van der Waals surface area contributed by atoms with Gasteiger partial charge in [-0.25, -0.2) is 4.39 Å². The second-order valence-electron chi connectivity index (χ2n) is 2.61. The molecule has 1 aromatic carbocycles. The fourth-order valence-corrected chi connectivity index (χ4v) is 2.97. The Labute approximate surface area is 95.8 Å². The van der Waals surface area contributed by atoms with E-state index in [4.69, 9.17) is 0 Å². The van der Waals surface area contributed by atoms with Gasteiger partial charge in [-0.15, -0.1) is 11.3 Å². The summed E-state index contributed by atoms with van der Waals surface area (Å²) >= 11 is 2.94. The number of thiophene rings is 1. The number of rotatable bonds is 1. The minimum atomic E-state index is -0.472. The highest BCUT2D eigenvalue weighted by atomic mass is 127. The first-order valence-corrected chi connectivity index (χ1v) is 5.56. The van der Waals surface area contributed by atoms with Crippen molar-refractivity contribution < 1.29 is 9.31 Å². The lowest BCUT2D eigenvalue weighted by Crippen LogP contribution is -1.91. The van der Waals surface area contributed by atoms with Crippen LogP contribution in [0.3, 0.4) is 0 Å². The second kappa shape index (κ2) is 3.43. The van der Waals surface area contributed by atoms with Crippen LogP contribution in [0, 0.1) is 19.5 Å². The van der Waals surface area contributed by atoms with E-state index in [1.165, 1.54) is 5.38 Å². The highest BCUT2D eigenvalue weighted by molar-refractivity contribution is 14.1. The molecule has 0 N–H and O–H groups in total. The molecule has 72 valence electrons. The van der Waals surface area contributed by atoms with Crippen LogP contribution in [-0.4, -0.2) is 4.92 Å². The Morgan fingerprint density at radius 1 is 1.50 bits per heavy atom. The van der Waals surface area contributed by atoms with Crippen molar-refractivity contribution in [2.45, 2.75) is 0 Å². The number of fused-ring (bicyclic) bond motifs is 1. The predicted molar refractivity (Wildman–Crippen MR) is 61.2 cm³/mol. The van der Waals surface area contributed by atoms with Crippen LogP contribution >= 0.6 is 33.9 Å². The van der Waals surface area contributed by atoms with E-state index in [0.717, 1.165) is 11.3 Å². The van der Waals surface area contributed by atoms with E-state index in [1.807, 2.05) is 22.6 Å². The van der Waals surface area contributed by atoms with Crippen molar-refractivity contribution in [1.82, 2.24) is 0 Å². The van der Waals surface area contributed by atoms with Gasteiger partial charge in [0, 0.05) is 10.8 Å². The van der Waals surface area contributed by atoms with Crippen LogP contribution in [0.2, 0.25) is 0 Å². The van der Waals surface area contributed by atoms with Gasteiger partial charge < -0.3 is 0 Å². The van der Waals surface area contributed by atoms with Gasteiger partial charge in [0.05, 0.1) is 8.49 Å². The summed E-state index contributed by atoms with van der Waals surface area (Å²) in [5.41, 5.74) is -0.00278. The van der Waals surface area contributed by atoms with Crippen LogP contribution in [-0.2, 0) is 0 Å². The number of hydrogen-bond acceptors (Lipinski definition) is 3. The molecule has 0 unspecified atom stereocenters. The standard InChI is InChI=1S/C8H3FINO2S/c9-5-3-14-8-4(5)1-2-6(10)7(8)11(12)13/h1-3H. The Balaban J connectivity index is 2.90. The highest BCUT2D eigenvalue weighted by Crippen LogP contribution is 2.35. The van der Waals surface area contributed by atoms with Crippen molar-refractivity contribution in [1.29, 1.82) is 0 Å². The SMILES string of the molecule is O=[N+]([O-])c1c(I)ccc2c(F)csc12. The molecule has 0 aliphatic heterocycles. The van der Waals surface area contributed by atoms with Gasteiger partial charge in [-0.1, -0.05) is 0 Å². The van der Waals surface area contributed by atoms with E-state index in [9.17, 15) is 14.5 Å². The van der Waals surface area contributed by atoms with E-state index < -0.39 is 10.7 Å². The quantitative estimate of drug-likeness (QED) is 0.458. The van der Waals surface area contributed by atoms with Gasteiger partial charge in [0.25, 0.3) is 5.69 Å². The van der Waals surface area contributed by atoms with E-state index in [0.29, 0.717) is 13.7 Å². The minimum Gasteiger partial charge on any atom is -0.258 e. The van der Waals surface area contributed by atoms with E-state index in [1.54, 1.807) is 12.1 Å². The van der Waals surface area contributed by atoms with Crippen molar-refractivity contribution in [2.75, 3.05) is 0 Å². The molecule has 14 heavy (non-hydrogen) atoms. The topological polar surface area (TPSA) is 43.1 Å². The lowest BCUT2D eigenvalue weighted by molar-refractivity contribution is -0.383. The third-order valence-corrected chi connectivity index (χ3v) is 3.65. The molecule has 0 radical (unpaired) electrons. The average molecular weight is 323 g/mol. The normalized spacial score (nSPS) is 10.7. The molecule has 0 amide bonds. The molecule has 0 saturated heterocycles. The van der Waals surface area contributed by atoms with Gasteiger partial charge in [-0.05, 0) is 34.7 Å². The van der Waals surface area contributed by atoms with E-state index in [-0.39, 0.29) is 5.69 Å². The number of nitro benzene ring substituents is 1. The van der Waals surface area contributed by atoms with Crippen LogP contribution in [0.4, 0.5) is 10.1 Å². The first-order valence-electron chi connectivity index (χ1n) is 3.61. The summed E-state index contributed by atoms with van der Waals surface area (Å²) in [4.78, 5) is 10.3. The molecular weight excluding hydrogens is 320 g/mol. The molecule has 1 heterocycles. The zero-order valence-electron chi connectivity index (χ0n) is 6.66. The largest absolute Gasteiger partial charge is 0.300 e. The summed E-state index contributed by atoms with van der Waals surface area (Å²) in [6.45, 7) is 0. The molecule has 0 spiro atoms. The first-order chi connectivity index (χ1) is 6.61. The molecule has 0 bridgehead atoms. The number of nitro groups is 1. The fourth-order valence-electron chi connectivity index (χ4n) is 1.20. The first kappa shape index (κ1) is 9.78. The summed E-state index contributed by atoms with van der Waals surface area (Å²) in [7, 11) is 0. The Morgan fingerprint density at radius 3 is 2.86 bits per heavy atom. The monoisotopic (exact) mass is 323 g/mol. The van der Waals surface area contributed by atoms with Gasteiger partial charge >= 0.3 is 0 Å². The molecule has 3 nitrogen and oxygen atoms in total. The number of nitrogens with zero attached hydrogens (tertiary/aromatic N) is 1. The van der Waals surface area contributed by atoms with Crippen molar-refractivity contribution in [3.63, 3.8) is 0 Å². The van der Waals surface area contributed by atoms with E-state index in [2.05, 4.69) is 0 Å². The molecule has 0 aliphatic rings. The molecule has 0 aliphatic carbocycles. The van der Waals surface area contributed by atoms with Crippen molar-refractivity contribution in [3.05, 3.63) is 37.0 Å².